The molecule has 0 radical (unpaired) electrons. The number of anilines is 1. The predicted molar refractivity (Wildman–Crippen MR) is 99.1 cm³/mol. The molecule has 0 unspecified atom stereocenters. The Bertz CT molecular complexity index is 756. The first kappa shape index (κ1) is 18.4. The van der Waals surface area contributed by atoms with Gasteiger partial charge in [-0.25, -0.2) is 4.98 Å². The second-order valence-electron chi connectivity index (χ2n) is 6.39. The molecule has 1 aliphatic rings. The molecular formula is C17H21N5O3S. The van der Waals surface area contributed by atoms with Gasteiger partial charge in [0.1, 0.15) is 5.82 Å². The Labute approximate surface area is 155 Å². The number of nitrogens with one attached hydrogen (secondary N) is 2. The van der Waals surface area contributed by atoms with E-state index in [1.807, 2.05) is 0 Å². The molecule has 9 heteroatoms. The van der Waals surface area contributed by atoms with Crippen molar-refractivity contribution in [2.75, 3.05) is 11.1 Å². The van der Waals surface area contributed by atoms with Crippen LogP contribution in [0.1, 0.15) is 37.9 Å². The van der Waals surface area contributed by atoms with Gasteiger partial charge in [-0.3, -0.25) is 20.0 Å². The van der Waals surface area contributed by atoms with Gasteiger partial charge in [-0.05, 0) is 24.5 Å². The second kappa shape index (κ2) is 8.79. The molecule has 3 rings (SSSR count). The van der Waals surface area contributed by atoms with Gasteiger partial charge in [-0.15, -0.1) is 5.10 Å². The molecule has 2 N–H and O–H groups in total. The predicted octanol–water partition coefficient (Wildman–Crippen LogP) is 3.57. The van der Waals surface area contributed by atoms with Gasteiger partial charge in [0.15, 0.2) is 0 Å². The fraction of sp³-hybridized carbons (Fsp3) is 0.471. The van der Waals surface area contributed by atoms with Crippen LogP contribution in [-0.2, 0) is 11.2 Å². The lowest BCUT2D eigenvalue weighted by atomic mass is 10.0. The third kappa shape index (κ3) is 5.29. The maximum Gasteiger partial charge on any atom is 0.269 e. The van der Waals surface area contributed by atoms with E-state index >= 15 is 0 Å². The number of aryl methyl sites for hydroxylation is 1. The Morgan fingerprint density at radius 1 is 1.31 bits per heavy atom. The lowest BCUT2D eigenvalue weighted by Crippen LogP contribution is -2.14. The molecule has 1 saturated carbocycles. The molecular weight excluding hydrogens is 354 g/mol. The van der Waals surface area contributed by atoms with E-state index in [0.29, 0.717) is 10.8 Å². The number of hydrogen-bond acceptors (Lipinski definition) is 6. The summed E-state index contributed by atoms with van der Waals surface area (Å²) >= 11 is 1.26. The lowest BCUT2D eigenvalue weighted by molar-refractivity contribution is -0.384. The fourth-order valence-electron chi connectivity index (χ4n) is 3.09. The maximum atomic E-state index is 12.0. The minimum atomic E-state index is -0.477. The van der Waals surface area contributed by atoms with Gasteiger partial charge in [0.2, 0.25) is 11.1 Å². The Balaban J connectivity index is 1.41. The molecule has 0 spiro atoms. The van der Waals surface area contributed by atoms with E-state index in [0.717, 1.165) is 24.6 Å². The summed E-state index contributed by atoms with van der Waals surface area (Å²) in [7, 11) is 0. The number of carbonyl (C=O) groups is 1. The van der Waals surface area contributed by atoms with Gasteiger partial charge in [-0.2, -0.15) is 0 Å². The summed E-state index contributed by atoms with van der Waals surface area (Å²) in [6, 6.07) is 5.73. The first-order valence-electron chi connectivity index (χ1n) is 8.68. The van der Waals surface area contributed by atoms with Gasteiger partial charge in [0.25, 0.3) is 5.69 Å². The highest BCUT2D eigenvalue weighted by Crippen LogP contribution is 2.28. The molecule has 26 heavy (non-hydrogen) atoms. The normalized spacial score (nSPS) is 14.5. The Morgan fingerprint density at radius 3 is 2.73 bits per heavy atom. The third-order valence-corrected chi connectivity index (χ3v) is 5.32. The zero-order valence-corrected chi connectivity index (χ0v) is 15.1. The molecule has 0 bridgehead atoms. The molecule has 1 aliphatic carbocycles. The van der Waals surface area contributed by atoms with Gasteiger partial charge in [-0.1, -0.05) is 37.4 Å². The van der Waals surface area contributed by atoms with E-state index < -0.39 is 4.92 Å². The van der Waals surface area contributed by atoms with Crippen LogP contribution in [0.3, 0.4) is 0 Å². The number of nitrogens with zero attached hydrogens (tertiary/aromatic N) is 3. The summed E-state index contributed by atoms with van der Waals surface area (Å²) in [5.74, 6) is 1.65. The summed E-state index contributed by atoms with van der Waals surface area (Å²) in [4.78, 5) is 26.5. The van der Waals surface area contributed by atoms with Crippen molar-refractivity contribution in [1.29, 1.82) is 0 Å². The minimum Gasteiger partial charge on any atom is -0.325 e. The first-order chi connectivity index (χ1) is 12.6. The van der Waals surface area contributed by atoms with Crippen LogP contribution in [0.5, 0.6) is 0 Å². The standard InChI is InChI=1S/C17H21N5O3S/c23-16(18-13-6-8-14(9-7-13)22(24)25)11-26-17-19-15(20-21-17)10-5-12-3-1-2-4-12/h6-9,12H,1-5,10-11H2,(H,18,23)(H,19,20,21). The highest BCUT2D eigenvalue weighted by Gasteiger charge is 2.16. The number of non-ortho nitro benzene ring substituents is 1. The van der Waals surface area contributed by atoms with Crippen LogP contribution >= 0.6 is 11.8 Å². The summed E-state index contributed by atoms with van der Waals surface area (Å²) in [5.41, 5.74) is 0.511. The number of aromatic amines is 1. The van der Waals surface area contributed by atoms with Gasteiger partial charge >= 0.3 is 0 Å². The van der Waals surface area contributed by atoms with Crippen molar-refractivity contribution in [3.8, 4) is 0 Å². The SMILES string of the molecule is O=C(CSc1n[nH]c(CCC2CCCC2)n1)Nc1ccc([N+](=O)[O-])cc1. The van der Waals surface area contributed by atoms with E-state index in [-0.39, 0.29) is 17.3 Å². The Kier molecular flexibility index (Phi) is 6.21. The maximum absolute atomic E-state index is 12.0. The molecule has 1 amide bonds. The number of thioether (sulfide) groups is 1. The van der Waals surface area contributed by atoms with Crippen LogP contribution in [-0.4, -0.2) is 31.8 Å². The summed E-state index contributed by atoms with van der Waals surface area (Å²) in [6.07, 6.45) is 7.35. The first-order valence-corrected chi connectivity index (χ1v) is 9.67. The van der Waals surface area contributed by atoms with E-state index in [4.69, 9.17) is 0 Å². The topological polar surface area (TPSA) is 114 Å². The largest absolute Gasteiger partial charge is 0.325 e. The molecule has 8 nitrogen and oxygen atoms in total. The number of nitro benzene ring substituents is 1. The van der Waals surface area contributed by atoms with Crippen LogP contribution in [0.15, 0.2) is 29.4 Å². The van der Waals surface area contributed by atoms with Crippen molar-refractivity contribution in [3.05, 3.63) is 40.2 Å². The van der Waals surface area contributed by atoms with Crippen molar-refractivity contribution in [3.63, 3.8) is 0 Å². The van der Waals surface area contributed by atoms with Crippen molar-refractivity contribution in [1.82, 2.24) is 15.2 Å². The number of amides is 1. The molecule has 1 fully saturated rings. The van der Waals surface area contributed by atoms with Gasteiger partial charge < -0.3 is 5.32 Å². The van der Waals surface area contributed by atoms with E-state index in [1.165, 1.54) is 61.7 Å². The smallest absolute Gasteiger partial charge is 0.269 e. The van der Waals surface area contributed by atoms with Crippen LogP contribution in [0.25, 0.3) is 0 Å². The average molecular weight is 375 g/mol. The number of hydrogen-bond donors (Lipinski definition) is 2. The Morgan fingerprint density at radius 2 is 2.04 bits per heavy atom. The van der Waals surface area contributed by atoms with Crippen molar-refractivity contribution in [2.45, 2.75) is 43.7 Å². The van der Waals surface area contributed by atoms with Gasteiger partial charge in [0, 0.05) is 24.2 Å². The monoisotopic (exact) mass is 375 g/mol. The number of rotatable bonds is 8. The van der Waals surface area contributed by atoms with Crippen molar-refractivity contribution < 1.29 is 9.72 Å². The van der Waals surface area contributed by atoms with Crippen LogP contribution in [0.4, 0.5) is 11.4 Å². The number of benzene rings is 1. The number of carbonyl (C=O) groups excluding carboxylic acids is 1. The molecule has 0 aliphatic heterocycles. The third-order valence-electron chi connectivity index (χ3n) is 4.47. The van der Waals surface area contributed by atoms with E-state index in [1.54, 1.807) is 0 Å². The van der Waals surface area contributed by atoms with Crippen LogP contribution < -0.4 is 5.32 Å². The summed E-state index contributed by atoms with van der Waals surface area (Å²) in [6.45, 7) is 0. The van der Waals surface area contributed by atoms with Gasteiger partial charge in [0.05, 0.1) is 10.7 Å². The van der Waals surface area contributed by atoms with Crippen LogP contribution in [0.2, 0.25) is 0 Å². The molecule has 0 atom stereocenters. The minimum absolute atomic E-state index is 0.0109. The molecule has 1 aromatic carbocycles. The molecule has 1 heterocycles. The molecule has 1 aromatic heterocycles. The van der Waals surface area contributed by atoms with E-state index in [2.05, 4.69) is 20.5 Å². The fourth-order valence-corrected chi connectivity index (χ4v) is 3.70. The second-order valence-corrected chi connectivity index (χ2v) is 7.34. The molecule has 2 aromatic rings. The van der Waals surface area contributed by atoms with Crippen LogP contribution in [0, 0.1) is 16.0 Å². The average Bonchev–Trinajstić information content (AvgIpc) is 3.30. The highest BCUT2D eigenvalue weighted by atomic mass is 32.2. The summed E-state index contributed by atoms with van der Waals surface area (Å²) in [5, 5.41) is 21.0. The number of aromatic nitrogens is 3. The summed E-state index contributed by atoms with van der Waals surface area (Å²) < 4.78 is 0. The Hall–Kier alpha value is -2.42. The molecule has 138 valence electrons. The molecule has 0 saturated heterocycles. The quantitative estimate of drug-likeness (QED) is 0.414. The zero-order chi connectivity index (χ0) is 18.4. The van der Waals surface area contributed by atoms with Crippen molar-refractivity contribution in [2.24, 2.45) is 5.92 Å². The van der Waals surface area contributed by atoms with Crippen molar-refractivity contribution >= 4 is 29.0 Å². The van der Waals surface area contributed by atoms with E-state index in [9.17, 15) is 14.9 Å². The highest BCUT2D eigenvalue weighted by molar-refractivity contribution is 7.99. The number of H-pyrrole nitrogens is 1. The zero-order valence-electron chi connectivity index (χ0n) is 14.3. The number of nitro groups is 1. The lowest BCUT2D eigenvalue weighted by Gasteiger charge is -2.05.